The van der Waals surface area contributed by atoms with Crippen molar-refractivity contribution in [3.8, 4) is 6.07 Å². The molecular formula is C15H10BrFN2O. The van der Waals surface area contributed by atoms with Gasteiger partial charge in [-0.2, -0.15) is 5.26 Å². The van der Waals surface area contributed by atoms with Crippen molar-refractivity contribution in [2.45, 2.75) is 6.04 Å². The van der Waals surface area contributed by atoms with Crippen LogP contribution in [0.25, 0.3) is 0 Å². The van der Waals surface area contributed by atoms with Crippen LogP contribution in [0.15, 0.2) is 53.0 Å². The Balaban J connectivity index is 2.20. The molecule has 2 aromatic carbocycles. The zero-order valence-corrected chi connectivity index (χ0v) is 11.9. The highest BCUT2D eigenvalue weighted by Crippen LogP contribution is 2.17. The van der Waals surface area contributed by atoms with E-state index in [1.807, 2.05) is 12.1 Å². The molecule has 0 spiro atoms. The van der Waals surface area contributed by atoms with Crippen molar-refractivity contribution in [2.75, 3.05) is 0 Å². The van der Waals surface area contributed by atoms with E-state index in [1.165, 1.54) is 12.1 Å². The van der Waals surface area contributed by atoms with E-state index >= 15 is 0 Å². The van der Waals surface area contributed by atoms with Crippen molar-refractivity contribution in [1.29, 1.82) is 5.26 Å². The summed E-state index contributed by atoms with van der Waals surface area (Å²) < 4.78 is 13.7. The number of rotatable bonds is 3. The molecule has 0 saturated heterocycles. The molecule has 5 heteroatoms. The third-order valence-electron chi connectivity index (χ3n) is 2.66. The minimum atomic E-state index is -0.772. The van der Waals surface area contributed by atoms with E-state index < -0.39 is 17.8 Å². The van der Waals surface area contributed by atoms with Gasteiger partial charge in [-0.25, -0.2) is 4.39 Å². The largest absolute Gasteiger partial charge is 0.332 e. The van der Waals surface area contributed by atoms with Gasteiger partial charge in [0.25, 0.3) is 5.91 Å². The number of nitriles is 1. The van der Waals surface area contributed by atoms with Crippen molar-refractivity contribution in [3.63, 3.8) is 0 Å². The summed E-state index contributed by atoms with van der Waals surface area (Å²) in [5.41, 5.74) is 0.840. The molecule has 1 atom stereocenters. The predicted molar refractivity (Wildman–Crippen MR) is 76.4 cm³/mol. The standard InChI is InChI=1S/C15H10BrFN2O/c16-12-6-11(7-13(17)8-12)15(20)19-14(9-18)10-4-2-1-3-5-10/h1-8,14H,(H,19,20). The number of halogens is 2. The second-order valence-electron chi connectivity index (χ2n) is 4.10. The molecule has 2 aromatic rings. The summed E-state index contributed by atoms with van der Waals surface area (Å²) in [4.78, 5) is 12.0. The van der Waals surface area contributed by atoms with Gasteiger partial charge in [0.05, 0.1) is 6.07 Å². The van der Waals surface area contributed by atoms with Gasteiger partial charge in [-0.15, -0.1) is 0 Å². The van der Waals surface area contributed by atoms with Crippen LogP contribution >= 0.6 is 15.9 Å². The number of amides is 1. The molecule has 0 saturated carbocycles. The molecule has 0 radical (unpaired) electrons. The molecule has 100 valence electrons. The van der Waals surface area contributed by atoms with Gasteiger partial charge in [0.15, 0.2) is 0 Å². The SMILES string of the molecule is N#CC(NC(=O)c1cc(F)cc(Br)c1)c1ccccc1. The number of carbonyl (C=O) groups is 1. The maximum atomic E-state index is 13.3. The Kier molecular flexibility index (Phi) is 4.49. The van der Waals surface area contributed by atoms with Crippen molar-refractivity contribution in [2.24, 2.45) is 0 Å². The lowest BCUT2D eigenvalue weighted by molar-refractivity contribution is 0.0944. The molecule has 20 heavy (non-hydrogen) atoms. The summed E-state index contributed by atoms with van der Waals surface area (Å²) in [5.74, 6) is -1.02. The first-order valence-corrected chi connectivity index (χ1v) is 6.61. The van der Waals surface area contributed by atoms with Crippen LogP contribution in [0.3, 0.4) is 0 Å². The molecule has 1 N–H and O–H groups in total. The first kappa shape index (κ1) is 14.2. The number of nitrogens with one attached hydrogen (secondary N) is 1. The summed E-state index contributed by atoms with van der Waals surface area (Å²) in [6.07, 6.45) is 0. The highest BCUT2D eigenvalue weighted by Gasteiger charge is 2.15. The first-order valence-electron chi connectivity index (χ1n) is 5.81. The average molecular weight is 333 g/mol. The maximum Gasteiger partial charge on any atom is 0.252 e. The topological polar surface area (TPSA) is 52.9 Å². The lowest BCUT2D eigenvalue weighted by Gasteiger charge is -2.12. The molecule has 0 fully saturated rings. The fraction of sp³-hybridized carbons (Fsp3) is 0.0667. The third kappa shape index (κ3) is 3.43. The van der Waals surface area contributed by atoms with E-state index in [4.69, 9.17) is 5.26 Å². The van der Waals surface area contributed by atoms with Gasteiger partial charge in [-0.05, 0) is 23.8 Å². The Morgan fingerprint density at radius 3 is 2.55 bits per heavy atom. The number of hydrogen-bond acceptors (Lipinski definition) is 2. The first-order chi connectivity index (χ1) is 9.60. The molecular weight excluding hydrogens is 323 g/mol. The second-order valence-corrected chi connectivity index (χ2v) is 5.02. The minimum absolute atomic E-state index is 0.160. The number of nitrogens with zero attached hydrogens (tertiary/aromatic N) is 1. The van der Waals surface area contributed by atoms with Crippen LogP contribution in [0.4, 0.5) is 4.39 Å². The quantitative estimate of drug-likeness (QED) is 0.933. The van der Waals surface area contributed by atoms with Crippen LogP contribution in [0.5, 0.6) is 0 Å². The highest BCUT2D eigenvalue weighted by atomic mass is 79.9. The number of carbonyl (C=O) groups excluding carboxylic acids is 1. The Morgan fingerprint density at radius 1 is 1.25 bits per heavy atom. The molecule has 0 bridgehead atoms. The maximum absolute atomic E-state index is 13.3. The lowest BCUT2D eigenvalue weighted by Crippen LogP contribution is -2.27. The zero-order chi connectivity index (χ0) is 14.5. The Bertz CT molecular complexity index is 647. The van der Waals surface area contributed by atoms with E-state index in [-0.39, 0.29) is 5.56 Å². The Hall–Kier alpha value is -2.19. The van der Waals surface area contributed by atoms with Crippen LogP contribution in [0, 0.1) is 17.1 Å². The molecule has 0 aliphatic carbocycles. The van der Waals surface area contributed by atoms with Crippen molar-refractivity contribution in [1.82, 2.24) is 5.32 Å². The van der Waals surface area contributed by atoms with Gasteiger partial charge in [-0.1, -0.05) is 46.3 Å². The molecule has 3 nitrogen and oxygen atoms in total. The fourth-order valence-corrected chi connectivity index (χ4v) is 2.20. The molecule has 0 aliphatic heterocycles. The average Bonchev–Trinajstić information content (AvgIpc) is 2.44. The summed E-state index contributed by atoms with van der Waals surface area (Å²) in [6, 6.07) is 14.0. The van der Waals surface area contributed by atoms with Gasteiger partial charge < -0.3 is 5.32 Å². The van der Waals surface area contributed by atoms with E-state index in [0.29, 0.717) is 10.0 Å². The number of benzene rings is 2. The molecule has 0 aromatic heterocycles. The number of hydrogen-bond donors (Lipinski definition) is 1. The van der Waals surface area contributed by atoms with Crippen LogP contribution in [-0.2, 0) is 0 Å². The molecule has 0 aliphatic rings. The second kappa shape index (κ2) is 6.31. The normalized spacial score (nSPS) is 11.4. The molecule has 0 heterocycles. The van der Waals surface area contributed by atoms with Crippen molar-refractivity contribution < 1.29 is 9.18 Å². The van der Waals surface area contributed by atoms with Crippen LogP contribution in [0.1, 0.15) is 22.0 Å². The van der Waals surface area contributed by atoms with Gasteiger partial charge in [0.2, 0.25) is 0 Å². The summed E-state index contributed by atoms with van der Waals surface area (Å²) in [7, 11) is 0. The van der Waals surface area contributed by atoms with E-state index in [0.717, 1.165) is 6.07 Å². The van der Waals surface area contributed by atoms with Gasteiger partial charge >= 0.3 is 0 Å². The third-order valence-corrected chi connectivity index (χ3v) is 3.12. The summed E-state index contributed by atoms with van der Waals surface area (Å²) >= 11 is 3.12. The summed E-state index contributed by atoms with van der Waals surface area (Å²) in [6.45, 7) is 0. The molecule has 2 rings (SSSR count). The van der Waals surface area contributed by atoms with Crippen LogP contribution in [-0.4, -0.2) is 5.91 Å². The molecule has 1 amide bonds. The Labute approximate surface area is 124 Å². The minimum Gasteiger partial charge on any atom is -0.332 e. The highest BCUT2D eigenvalue weighted by molar-refractivity contribution is 9.10. The summed E-state index contributed by atoms with van der Waals surface area (Å²) in [5, 5.41) is 11.7. The molecule has 1 unspecified atom stereocenters. The van der Waals surface area contributed by atoms with E-state index in [2.05, 4.69) is 21.2 Å². The fourth-order valence-electron chi connectivity index (χ4n) is 1.73. The Morgan fingerprint density at radius 2 is 1.95 bits per heavy atom. The van der Waals surface area contributed by atoms with Gasteiger partial charge in [-0.3, -0.25) is 4.79 Å². The van der Waals surface area contributed by atoms with E-state index in [1.54, 1.807) is 24.3 Å². The van der Waals surface area contributed by atoms with Crippen LogP contribution in [0.2, 0.25) is 0 Å². The van der Waals surface area contributed by atoms with Gasteiger partial charge in [0, 0.05) is 10.0 Å². The van der Waals surface area contributed by atoms with Crippen LogP contribution < -0.4 is 5.32 Å². The van der Waals surface area contributed by atoms with E-state index in [9.17, 15) is 9.18 Å². The smallest absolute Gasteiger partial charge is 0.252 e. The monoisotopic (exact) mass is 332 g/mol. The van der Waals surface area contributed by atoms with Gasteiger partial charge in [0.1, 0.15) is 11.9 Å². The van der Waals surface area contributed by atoms with Crippen molar-refractivity contribution >= 4 is 21.8 Å². The predicted octanol–water partition coefficient (Wildman–Crippen LogP) is 3.58. The van der Waals surface area contributed by atoms with Crippen molar-refractivity contribution in [3.05, 3.63) is 69.9 Å². The zero-order valence-electron chi connectivity index (χ0n) is 10.3. The lowest BCUT2D eigenvalue weighted by atomic mass is 10.1.